The number of rotatable bonds is 5. The van der Waals surface area contributed by atoms with Crippen molar-refractivity contribution in [1.29, 1.82) is 0 Å². The third-order valence-corrected chi connectivity index (χ3v) is 5.50. The van der Waals surface area contributed by atoms with E-state index in [1.165, 1.54) is 0 Å². The number of amides is 1. The highest BCUT2D eigenvalue weighted by atomic mass is 16.2. The van der Waals surface area contributed by atoms with Gasteiger partial charge < -0.3 is 0 Å². The highest BCUT2D eigenvalue weighted by Crippen LogP contribution is 2.29. The molecule has 1 amide bonds. The predicted molar refractivity (Wildman–Crippen MR) is 112 cm³/mol. The Morgan fingerprint density at radius 3 is 2.90 bits per heavy atom. The Hall–Kier alpha value is -4.08. The Balaban J connectivity index is 1.29. The van der Waals surface area contributed by atoms with Crippen LogP contribution in [0, 0.1) is 5.92 Å². The van der Waals surface area contributed by atoms with Gasteiger partial charge >= 0.3 is 0 Å². The predicted octanol–water partition coefficient (Wildman–Crippen LogP) is 1.69. The first-order valence-corrected chi connectivity index (χ1v) is 10.2. The molecule has 0 atom stereocenters. The van der Waals surface area contributed by atoms with Gasteiger partial charge in [-0.2, -0.15) is 5.10 Å². The zero-order valence-corrected chi connectivity index (χ0v) is 16.9. The lowest BCUT2D eigenvalue weighted by Gasteiger charge is -2.03. The third kappa shape index (κ3) is 3.31. The van der Waals surface area contributed by atoms with Gasteiger partial charge in [0.15, 0.2) is 6.20 Å². The molecule has 5 aromatic rings. The second-order valence-electron chi connectivity index (χ2n) is 7.94. The fraction of sp³-hybridized carbons (Fsp3) is 0.238. The minimum Gasteiger partial charge on any atom is -0.275 e. The normalized spacial score (nSPS) is 13.8. The molecule has 4 heterocycles. The quantitative estimate of drug-likeness (QED) is 0.471. The molecule has 0 saturated heterocycles. The second-order valence-corrected chi connectivity index (χ2v) is 7.94. The number of carbonyl (C=O) groups is 1. The van der Waals surface area contributed by atoms with Crippen LogP contribution >= 0.6 is 0 Å². The molecule has 10 heteroatoms. The van der Waals surface area contributed by atoms with E-state index in [2.05, 4.69) is 36.9 Å². The minimum absolute atomic E-state index is 0.0610. The van der Waals surface area contributed by atoms with Crippen molar-refractivity contribution in [2.24, 2.45) is 13.0 Å². The smallest absolute Gasteiger partial charge is 0.275 e. The molecule has 1 fully saturated rings. The van der Waals surface area contributed by atoms with E-state index in [0.717, 1.165) is 46.3 Å². The summed E-state index contributed by atoms with van der Waals surface area (Å²) in [5.74, 6) is 0.858. The summed E-state index contributed by atoms with van der Waals surface area (Å²) < 4.78 is 5.36. The molecule has 0 spiro atoms. The number of hydrogen-bond donors (Lipinski definition) is 1. The molecule has 1 saturated carbocycles. The van der Waals surface area contributed by atoms with Crippen LogP contribution in [0.5, 0.6) is 0 Å². The Morgan fingerprint density at radius 2 is 2.10 bits per heavy atom. The maximum Gasteiger partial charge on any atom is 0.283 e. The molecule has 0 unspecified atom stereocenters. The molecule has 1 aliphatic rings. The van der Waals surface area contributed by atoms with E-state index in [1.807, 2.05) is 48.4 Å². The van der Waals surface area contributed by atoms with Gasteiger partial charge in [-0.05, 0) is 36.6 Å². The molecule has 1 aromatic carbocycles. The number of hydrogen-bond acceptors (Lipinski definition) is 5. The lowest BCUT2D eigenvalue weighted by molar-refractivity contribution is -0.327. The highest BCUT2D eigenvalue weighted by Gasteiger charge is 2.32. The van der Waals surface area contributed by atoms with Crippen molar-refractivity contribution in [3.05, 3.63) is 54.6 Å². The molecule has 0 radical (unpaired) electrons. The van der Waals surface area contributed by atoms with E-state index in [4.69, 9.17) is 0 Å². The molecule has 4 aromatic heterocycles. The average Bonchev–Trinajstić information content (AvgIpc) is 3.23. The Labute approximate surface area is 176 Å². The third-order valence-electron chi connectivity index (χ3n) is 5.50. The highest BCUT2D eigenvalue weighted by molar-refractivity contribution is 5.92. The van der Waals surface area contributed by atoms with Crippen molar-refractivity contribution < 1.29 is 9.78 Å². The van der Waals surface area contributed by atoms with Crippen LogP contribution in [0.2, 0.25) is 0 Å². The molecule has 10 nitrogen and oxygen atoms in total. The summed E-state index contributed by atoms with van der Waals surface area (Å²) in [5.41, 5.74) is 5.49. The molecular weight excluding hydrogens is 394 g/mol. The topological polar surface area (TPSA) is 109 Å². The minimum atomic E-state index is 0.0610. The van der Waals surface area contributed by atoms with Gasteiger partial charge in [0.05, 0.1) is 29.9 Å². The summed E-state index contributed by atoms with van der Waals surface area (Å²) in [7, 11) is 1.90. The number of nitrogens with one attached hydrogen (secondary N) is 2. The summed E-state index contributed by atoms with van der Waals surface area (Å²) in [6.07, 6.45) is 7.55. The summed E-state index contributed by atoms with van der Waals surface area (Å²) in [4.78, 5) is 15.2. The van der Waals surface area contributed by atoms with Gasteiger partial charge in [0, 0.05) is 24.9 Å². The van der Waals surface area contributed by atoms with Crippen LogP contribution in [-0.4, -0.2) is 40.3 Å². The van der Waals surface area contributed by atoms with E-state index in [1.54, 1.807) is 15.4 Å². The van der Waals surface area contributed by atoms with Crippen molar-refractivity contribution >= 4 is 28.4 Å². The molecule has 1 aliphatic carbocycles. The number of nitrogens with zero attached hydrogens (tertiary/aromatic N) is 7. The zero-order valence-electron chi connectivity index (χ0n) is 16.9. The van der Waals surface area contributed by atoms with E-state index < -0.39 is 0 Å². The SMILES string of the molecule is Cn1cc(-c2ccc3nnn(Cc4ccc5[nH+]c(NC(=O)C6CC6)cn5n4)c3c2)cn1. The first-order chi connectivity index (χ1) is 15.1. The maximum absolute atomic E-state index is 12.0. The number of aromatic amines is 1. The van der Waals surface area contributed by atoms with Crippen molar-refractivity contribution in [1.82, 2.24) is 34.4 Å². The van der Waals surface area contributed by atoms with Crippen LogP contribution in [0.25, 0.3) is 27.8 Å². The van der Waals surface area contributed by atoms with Gasteiger partial charge in [0.1, 0.15) is 5.52 Å². The van der Waals surface area contributed by atoms with Crippen LogP contribution in [0.4, 0.5) is 5.82 Å². The van der Waals surface area contributed by atoms with Crippen LogP contribution < -0.4 is 10.3 Å². The Bertz CT molecular complexity index is 1440. The van der Waals surface area contributed by atoms with Gasteiger partial charge in [0.25, 0.3) is 11.7 Å². The Morgan fingerprint density at radius 1 is 1.19 bits per heavy atom. The number of aryl methyl sites for hydroxylation is 1. The van der Waals surface area contributed by atoms with Crippen molar-refractivity contribution in [2.45, 2.75) is 19.4 Å². The molecular formula is C21H20N9O+. The number of imidazole rings is 1. The molecule has 31 heavy (non-hydrogen) atoms. The largest absolute Gasteiger partial charge is 0.283 e. The number of anilines is 1. The summed E-state index contributed by atoms with van der Waals surface area (Å²) in [5, 5.41) is 20.4. The summed E-state index contributed by atoms with van der Waals surface area (Å²) in [6, 6.07) is 9.94. The second kappa shape index (κ2) is 6.73. The monoisotopic (exact) mass is 414 g/mol. The van der Waals surface area contributed by atoms with Crippen molar-refractivity contribution in [3.8, 4) is 11.1 Å². The van der Waals surface area contributed by atoms with E-state index in [0.29, 0.717) is 12.4 Å². The Kier molecular flexibility index (Phi) is 3.85. The first-order valence-electron chi connectivity index (χ1n) is 10.2. The first kappa shape index (κ1) is 17.8. The fourth-order valence-electron chi connectivity index (χ4n) is 3.68. The lowest BCUT2D eigenvalue weighted by atomic mass is 10.1. The number of aromatic nitrogens is 8. The molecule has 6 rings (SSSR count). The van der Waals surface area contributed by atoms with Crippen LogP contribution in [-0.2, 0) is 18.4 Å². The van der Waals surface area contributed by atoms with Crippen LogP contribution in [0.15, 0.2) is 48.9 Å². The maximum atomic E-state index is 12.0. The number of benzene rings is 1. The van der Waals surface area contributed by atoms with Crippen molar-refractivity contribution in [2.75, 3.05) is 5.32 Å². The number of carbonyl (C=O) groups excluding carboxylic acids is 1. The lowest BCUT2D eigenvalue weighted by Crippen LogP contribution is -2.18. The molecule has 0 bridgehead atoms. The summed E-state index contributed by atoms with van der Waals surface area (Å²) >= 11 is 0. The van der Waals surface area contributed by atoms with Gasteiger partial charge in [0.2, 0.25) is 5.65 Å². The van der Waals surface area contributed by atoms with Gasteiger partial charge in [-0.15, -0.1) is 14.7 Å². The fourth-order valence-corrected chi connectivity index (χ4v) is 3.68. The van der Waals surface area contributed by atoms with E-state index in [9.17, 15) is 4.79 Å². The molecule has 154 valence electrons. The van der Waals surface area contributed by atoms with Crippen molar-refractivity contribution in [3.63, 3.8) is 0 Å². The van der Waals surface area contributed by atoms with E-state index in [-0.39, 0.29) is 11.8 Å². The van der Waals surface area contributed by atoms with Crippen LogP contribution in [0.3, 0.4) is 0 Å². The van der Waals surface area contributed by atoms with Gasteiger partial charge in [-0.1, -0.05) is 11.3 Å². The number of fused-ring (bicyclic) bond motifs is 2. The van der Waals surface area contributed by atoms with E-state index >= 15 is 0 Å². The van der Waals surface area contributed by atoms with Gasteiger partial charge in [-0.25, -0.2) is 15.0 Å². The average molecular weight is 414 g/mol. The zero-order chi connectivity index (χ0) is 20.9. The summed E-state index contributed by atoms with van der Waals surface area (Å²) in [6.45, 7) is 0.477. The molecule has 0 aliphatic heterocycles. The standard InChI is InChI=1S/C21H19N9O/c1-28-10-15(9-22-28)14-4-6-17-18(8-14)29(27-25-17)11-16-5-7-20-23-19(12-30(20)26-16)24-21(31)13-2-3-13/h4-10,12-13H,2-3,11H2,1H3,(H,24,31)/p+1. The number of H-pyrrole nitrogens is 1. The molecule has 2 N–H and O–H groups in total. The van der Waals surface area contributed by atoms with Crippen LogP contribution in [0.1, 0.15) is 18.5 Å². The van der Waals surface area contributed by atoms with Gasteiger partial charge in [-0.3, -0.25) is 9.48 Å².